The minimum atomic E-state index is -0.567. The number of hydrogen-bond donors (Lipinski definition) is 1. The molecule has 0 saturated carbocycles. The van der Waals surface area contributed by atoms with Gasteiger partial charge in [0.05, 0.1) is 5.60 Å². The van der Waals surface area contributed by atoms with Crippen LogP contribution < -0.4 is 0 Å². The fraction of sp³-hybridized carbons (Fsp3) is 0.455. The lowest BCUT2D eigenvalue weighted by atomic mass is 9.94. The highest BCUT2D eigenvalue weighted by Gasteiger charge is 2.31. The minimum absolute atomic E-state index is 0.221. The first-order chi connectivity index (χ1) is 6.68. The normalized spacial score (nSPS) is 26.7. The van der Waals surface area contributed by atoms with Crippen LogP contribution in [0.1, 0.15) is 12.0 Å². The molecule has 1 aromatic rings. The highest BCUT2D eigenvalue weighted by atomic mass is 32.2. The first-order valence-corrected chi connectivity index (χ1v) is 5.88. The molecular formula is C11H13FOS. The fourth-order valence-electron chi connectivity index (χ4n) is 1.72. The van der Waals surface area contributed by atoms with Crippen LogP contribution in [-0.2, 0) is 6.42 Å². The number of thioether (sulfide) groups is 1. The summed E-state index contributed by atoms with van der Waals surface area (Å²) in [6.07, 6.45) is 1.48. The molecule has 3 heteroatoms. The van der Waals surface area contributed by atoms with Gasteiger partial charge in [0.15, 0.2) is 0 Å². The molecule has 1 atom stereocenters. The largest absolute Gasteiger partial charge is 0.389 e. The van der Waals surface area contributed by atoms with Crippen LogP contribution in [0.2, 0.25) is 0 Å². The summed E-state index contributed by atoms with van der Waals surface area (Å²) in [5.41, 5.74) is 0.444. The van der Waals surface area contributed by atoms with Crippen molar-refractivity contribution >= 4 is 11.8 Å². The maximum absolute atomic E-state index is 12.6. The Morgan fingerprint density at radius 1 is 1.36 bits per heavy atom. The minimum Gasteiger partial charge on any atom is -0.389 e. The van der Waals surface area contributed by atoms with Crippen LogP contribution in [0.25, 0.3) is 0 Å². The van der Waals surface area contributed by atoms with E-state index in [4.69, 9.17) is 0 Å². The standard InChI is InChI=1S/C11H13FOS/c12-10-3-1-9(2-4-10)7-11(13)5-6-14-8-11/h1-4,13H,5-8H2. The summed E-state index contributed by atoms with van der Waals surface area (Å²) in [5, 5.41) is 10.1. The number of rotatable bonds is 2. The van der Waals surface area contributed by atoms with Gasteiger partial charge in [-0.15, -0.1) is 0 Å². The zero-order valence-corrected chi connectivity index (χ0v) is 8.69. The molecule has 1 N–H and O–H groups in total. The summed E-state index contributed by atoms with van der Waals surface area (Å²) < 4.78 is 12.6. The highest BCUT2D eigenvalue weighted by molar-refractivity contribution is 7.99. The van der Waals surface area contributed by atoms with Gasteiger partial charge in [-0.05, 0) is 29.9 Å². The lowest BCUT2D eigenvalue weighted by Gasteiger charge is -2.20. The highest BCUT2D eigenvalue weighted by Crippen LogP contribution is 2.30. The van der Waals surface area contributed by atoms with Gasteiger partial charge < -0.3 is 5.11 Å². The van der Waals surface area contributed by atoms with Crippen molar-refractivity contribution in [2.45, 2.75) is 18.4 Å². The van der Waals surface area contributed by atoms with Crippen molar-refractivity contribution < 1.29 is 9.50 Å². The molecule has 0 bridgehead atoms. The first-order valence-electron chi connectivity index (χ1n) is 4.73. The van der Waals surface area contributed by atoms with Gasteiger partial charge in [0.25, 0.3) is 0 Å². The van der Waals surface area contributed by atoms with Crippen LogP contribution in [0.15, 0.2) is 24.3 Å². The lowest BCUT2D eigenvalue weighted by Crippen LogP contribution is -2.30. The van der Waals surface area contributed by atoms with E-state index >= 15 is 0 Å². The van der Waals surface area contributed by atoms with E-state index in [2.05, 4.69) is 0 Å². The van der Waals surface area contributed by atoms with E-state index in [9.17, 15) is 9.50 Å². The summed E-state index contributed by atoms with van der Waals surface area (Å²) in [6, 6.07) is 6.38. The van der Waals surface area contributed by atoms with Gasteiger partial charge in [0.1, 0.15) is 5.82 Å². The molecule has 1 unspecified atom stereocenters. The van der Waals surface area contributed by atoms with Crippen LogP contribution in [0.4, 0.5) is 4.39 Å². The van der Waals surface area contributed by atoms with E-state index in [1.807, 2.05) is 0 Å². The smallest absolute Gasteiger partial charge is 0.123 e. The summed E-state index contributed by atoms with van der Waals surface area (Å²) in [4.78, 5) is 0. The summed E-state index contributed by atoms with van der Waals surface area (Å²) in [5.74, 6) is 1.60. The second-order valence-electron chi connectivity index (χ2n) is 3.83. The van der Waals surface area contributed by atoms with Gasteiger partial charge >= 0.3 is 0 Å². The van der Waals surface area contributed by atoms with Crippen molar-refractivity contribution in [3.05, 3.63) is 35.6 Å². The number of halogens is 1. The Labute approximate surface area is 87.3 Å². The molecule has 1 heterocycles. The van der Waals surface area contributed by atoms with Crippen molar-refractivity contribution in [2.75, 3.05) is 11.5 Å². The third-order valence-corrected chi connectivity index (χ3v) is 3.76. The molecule has 1 aromatic carbocycles. The number of hydrogen-bond acceptors (Lipinski definition) is 2. The summed E-state index contributed by atoms with van der Waals surface area (Å²) in [6.45, 7) is 0. The van der Waals surface area contributed by atoms with E-state index in [0.29, 0.717) is 6.42 Å². The maximum Gasteiger partial charge on any atom is 0.123 e. The van der Waals surface area contributed by atoms with Crippen LogP contribution in [0.3, 0.4) is 0 Å². The third-order valence-electron chi connectivity index (χ3n) is 2.53. The van der Waals surface area contributed by atoms with E-state index < -0.39 is 5.60 Å². The topological polar surface area (TPSA) is 20.2 Å². The average molecular weight is 212 g/mol. The van der Waals surface area contributed by atoms with Gasteiger partial charge in [-0.1, -0.05) is 12.1 Å². The molecule has 0 spiro atoms. The molecule has 2 rings (SSSR count). The van der Waals surface area contributed by atoms with Gasteiger partial charge in [-0.25, -0.2) is 4.39 Å². The third kappa shape index (κ3) is 2.28. The van der Waals surface area contributed by atoms with Gasteiger partial charge in [0.2, 0.25) is 0 Å². The van der Waals surface area contributed by atoms with E-state index in [1.165, 1.54) is 12.1 Å². The van der Waals surface area contributed by atoms with Crippen LogP contribution in [-0.4, -0.2) is 22.2 Å². The Morgan fingerprint density at radius 3 is 2.64 bits per heavy atom. The van der Waals surface area contributed by atoms with Crippen LogP contribution in [0, 0.1) is 5.82 Å². The van der Waals surface area contributed by atoms with Crippen LogP contribution in [0.5, 0.6) is 0 Å². The Bertz CT molecular complexity index is 304. The molecule has 1 aliphatic heterocycles. The van der Waals surface area contributed by atoms with Crippen LogP contribution >= 0.6 is 11.8 Å². The SMILES string of the molecule is OC1(Cc2ccc(F)cc2)CCSC1. The molecule has 0 amide bonds. The summed E-state index contributed by atoms with van der Waals surface area (Å²) >= 11 is 1.78. The van der Waals surface area contributed by atoms with Crippen molar-refractivity contribution in [1.82, 2.24) is 0 Å². The molecular weight excluding hydrogens is 199 g/mol. The number of benzene rings is 1. The Balaban J connectivity index is 2.06. The molecule has 14 heavy (non-hydrogen) atoms. The predicted molar refractivity (Wildman–Crippen MR) is 57.0 cm³/mol. The Kier molecular flexibility index (Phi) is 2.79. The molecule has 1 nitrogen and oxygen atoms in total. The molecule has 1 aliphatic rings. The number of aliphatic hydroxyl groups is 1. The van der Waals surface area contributed by atoms with Crippen molar-refractivity contribution in [3.8, 4) is 0 Å². The molecule has 76 valence electrons. The second kappa shape index (κ2) is 3.91. The van der Waals surface area contributed by atoms with Crippen molar-refractivity contribution in [2.24, 2.45) is 0 Å². The van der Waals surface area contributed by atoms with Gasteiger partial charge in [-0.2, -0.15) is 11.8 Å². The zero-order chi connectivity index (χ0) is 10.0. The monoisotopic (exact) mass is 212 g/mol. The Hall–Kier alpha value is -0.540. The predicted octanol–water partition coefficient (Wildman–Crippen LogP) is 2.24. The van der Waals surface area contributed by atoms with E-state index in [0.717, 1.165) is 23.5 Å². The lowest BCUT2D eigenvalue weighted by molar-refractivity contribution is 0.0686. The van der Waals surface area contributed by atoms with Crippen molar-refractivity contribution in [3.63, 3.8) is 0 Å². The summed E-state index contributed by atoms with van der Waals surface area (Å²) in [7, 11) is 0. The molecule has 0 radical (unpaired) electrons. The van der Waals surface area contributed by atoms with E-state index in [-0.39, 0.29) is 5.82 Å². The van der Waals surface area contributed by atoms with Gasteiger partial charge in [-0.3, -0.25) is 0 Å². The molecule has 1 saturated heterocycles. The fourth-order valence-corrected chi connectivity index (χ4v) is 3.01. The molecule has 1 fully saturated rings. The van der Waals surface area contributed by atoms with Gasteiger partial charge in [0, 0.05) is 12.2 Å². The molecule has 0 aliphatic carbocycles. The second-order valence-corrected chi connectivity index (χ2v) is 4.94. The maximum atomic E-state index is 12.6. The zero-order valence-electron chi connectivity index (χ0n) is 7.87. The average Bonchev–Trinajstić information content (AvgIpc) is 2.57. The Morgan fingerprint density at radius 2 is 2.07 bits per heavy atom. The quantitative estimate of drug-likeness (QED) is 0.811. The first kappa shape index (κ1) is 9.99. The van der Waals surface area contributed by atoms with E-state index in [1.54, 1.807) is 23.9 Å². The molecule has 0 aromatic heterocycles. The van der Waals surface area contributed by atoms with Crippen molar-refractivity contribution in [1.29, 1.82) is 0 Å².